The Hall–Kier alpha value is -5.44. The maximum atomic E-state index is 11.0. The SMILES string of the molecule is C=C(C)C(=O)O.C=C(C)C(=O)O.C=C(C)C(=O)O.C=C(C)C(=O)O.C=C(C)C(=O)O.C=C(C)C(=O)O.C=C(C)C(=O)O.C=C(C)C(=O)OCCC#N.C=C(C)C(=O)OCc1ccco1.C=C(C)C(=O)Oc1ccccc1.C=C(C)COC(=O)C(=C)C.CC(C)(CO)CO.[Ba+2].[K+].[Mg+2].[Na+].[Zn+2]. The number of rotatable bonds is 20. The van der Waals surface area contributed by atoms with Crippen molar-refractivity contribution in [1.29, 1.82) is 5.26 Å². The number of carbonyl (C=O) groups is 11. The predicted octanol–water partition coefficient (Wildman–Crippen LogP) is 4.54. The Morgan fingerprint density at radius 3 is 0.898 bits per heavy atom. The van der Waals surface area contributed by atoms with Crippen molar-refractivity contribution < 1.29 is 222 Å². The van der Waals surface area contributed by atoms with Crippen LogP contribution in [0.5, 0.6) is 5.75 Å². The van der Waals surface area contributed by atoms with E-state index in [1.807, 2.05) is 12.1 Å². The number of nitrogens with zero attached hydrogens (tertiary/aromatic N) is 1. The molecule has 0 radical (unpaired) electrons. The number of furan rings is 1. The van der Waals surface area contributed by atoms with Crippen molar-refractivity contribution >= 4 is 138 Å². The zero-order valence-electron chi connectivity index (χ0n) is 60.0. The van der Waals surface area contributed by atoms with Crippen LogP contribution >= 0.6 is 0 Å². The number of para-hydroxylation sites is 1. The molecule has 98 heavy (non-hydrogen) atoms. The van der Waals surface area contributed by atoms with Crippen LogP contribution in [0.2, 0.25) is 0 Å². The van der Waals surface area contributed by atoms with Crippen LogP contribution in [0.25, 0.3) is 0 Å². The Bertz CT molecular complexity index is 2600. The van der Waals surface area contributed by atoms with Crippen LogP contribution in [0.15, 0.2) is 199 Å². The molecule has 0 aliphatic carbocycles. The summed E-state index contributed by atoms with van der Waals surface area (Å²) in [6, 6.07) is 14.3. The molecule has 0 fully saturated rings. The molecule has 518 valence electrons. The average Bonchev–Trinajstić information content (AvgIpc) is 2.02. The third-order valence-electron chi connectivity index (χ3n) is 7.58. The van der Waals surface area contributed by atoms with E-state index in [2.05, 4.69) is 83.7 Å². The number of esters is 4. The molecular formula is C67H95BaKMgNNaO25Zn+8. The second kappa shape index (κ2) is 82.2. The van der Waals surface area contributed by atoms with Crippen LogP contribution in [0.3, 0.4) is 0 Å². The number of aliphatic carboxylic acids is 7. The molecule has 0 saturated heterocycles. The first-order valence-electron chi connectivity index (χ1n) is 26.1. The molecule has 9 N–H and O–H groups in total. The van der Waals surface area contributed by atoms with Crippen molar-refractivity contribution in [3.8, 4) is 11.8 Å². The third-order valence-corrected chi connectivity index (χ3v) is 7.58. The fourth-order valence-electron chi connectivity index (χ4n) is 2.01. The standard InChI is InChI=1S/C10H10O2.C9H10O3.C8H12O2.C7H9NO2.C5H12O2.7C4H6O2.Ba.K.Mg.Na.Zn/c1-8(2)10(11)12-9-6-4-3-5-7-9;1-7(2)9(10)12-6-8-4-3-5-11-8;1-6(2)5-10-8(9)7(3)4;1-6(2)7(9)10-5-3-4-8;1-5(2,3-6)4-7;7*1-3(2)4(5)6;;;;;/h3-7H,1H2,2H3;3-5H,1,6H2,2H3;1,3,5H2,2,4H3;1,3,5H2,2H3;6-7H,3-4H2,1-2H3;7*1H2,2H3,(H,5,6);;;;;/q;;;;;;;;;;;;+2;+1;+2;+1;+2. The minimum Gasteiger partial charge on any atom is -0.478 e. The number of ether oxygens (including phenoxy) is 4. The Morgan fingerprint density at radius 2 is 0.704 bits per heavy atom. The molecule has 0 bridgehead atoms. The quantitative estimate of drug-likeness (QED) is 0.0167. The van der Waals surface area contributed by atoms with Gasteiger partial charge < -0.3 is 69.3 Å². The van der Waals surface area contributed by atoms with Gasteiger partial charge in [-0.25, -0.2) is 52.7 Å². The van der Waals surface area contributed by atoms with Gasteiger partial charge in [-0.15, -0.1) is 0 Å². The van der Waals surface area contributed by atoms with E-state index >= 15 is 0 Å². The number of carbonyl (C=O) groups excluding carboxylic acids is 4. The Morgan fingerprint density at radius 1 is 0.449 bits per heavy atom. The van der Waals surface area contributed by atoms with Gasteiger partial charge >= 0.3 is 238 Å². The minimum atomic E-state index is -0.935. The monoisotopic (exact) mass is 1600 g/mol. The minimum absolute atomic E-state index is 0. The number of nitriles is 1. The number of hydrogen-bond acceptors (Lipinski definition) is 19. The summed E-state index contributed by atoms with van der Waals surface area (Å²) in [4.78, 5) is 110. The number of carboxylic acid groups (broad SMARTS) is 7. The number of aliphatic hydroxyl groups excluding tert-OH is 2. The van der Waals surface area contributed by atoms with Crippen molar-refractivity contribution in [3.63, 3.8) is 0 Å². The van der Waals surface area contributed by atoms with Gasteiger partial charge in [0.15, 0.2) is 0 Å². The van der Waals surface area contributed by atoms with E-state index in [-0.39, 0.29) is 268 Å². The van der Waals surface area contributed by atoms with Gasteiger partial charge in [-0.2, -0.15) is 5.26 Å². The van der Waals surface area contributed by atoms with Crippen LogP contribution in [-0.4, -0.2) is 210 Å². The molecule has 0 spiro atoms. The van der Waals surface area contributed by atoms with Crippen LogP contribution in [-0.2, 0) is 93.0 Å². The summed E-state index contributed by atoms with van der Waals surface area (Å²) in [7, 11) is 0. The Balaban J connectivity index is -0.0000000594. The summed E-state index contributed by atoms with van der Waals surface area (Å²) in [5.41, 5.74) is 3.32. The third kappa shape index (κ3) is 118. The molecule has 0 amide bonds. The largest absolute Gasteiger partial charge is 2.00 e. The normalized spacial score (nSPS) is 8.03. The first-order chi connectivity index (χ1) is 42.2. The van der Waals surface area contributed by atoms with E-state index in [0.29, 0.717) is 33.8 Å². The Labute approximate surface area is 710 Å². The van der Waals surface area contributed by atoms with Gasteiger partial charge in [0.25, 0.3) is 0 Å². The van der Waals surface area contributed by atoms with Gasteiger partial charge in [0.1, 0.15) is 31.3 Å². The van der Waals surface area contributed by atoms with Gasteiger partial charge in [-0.3, -0.25) is 0 Å². The molecule has 0 aliphatic rings. The second-order valence-electron chi connectivity index (χ2n) is 19.1. The van der Waals surface area contributed by atoms with Crippen molar-refractivity contribution in [3.05, 3.63) is 200 Å². The van der Waals surface area contributed by atoms with Gasteiger partial charge in [-0.1, -0.05) is 111 Å². The molecule has 2 rings (SSSR count). The van der Waals surface area contributed by atoms with Gasteiger partial charge in [-0.05, 0) is 113 Å². The number of carboxylic acids is 7. The fourth-order valence-corrected chi connectivity index (χ4v) is 2.01. The van der Waals surface area contributed by atoms with E-state index < -0.39 is 53.7 Å². The first kappa shape index (κ1) is 129. The van der Waals surface area contributed by atoms with Crippen LogP contribution < -0.4 is 85.7 Å². The molecule has 31 heteroatoms. The van der Waals surface area contributed by atoms with Crippen molar-refractivity contribution in [2.45, 2.75) is 110 Å². The summed E-state index contributed by atoms with van der Waals surface area (Å²) in [6.07, 6.45) is 1.77. The second-order valence-corrected chi connectivity index (χ2v) is 19.1. The number of benzene rings is 1. The van der Waals surface area contributed by atoms with Gasteiger partial charge in [0, 0.05) is 66.7 Å². The molecule has 1 aromatic carbocycles. The van der Waals surface area contributed by atoms with E-state index in [9.17, 15) is 52.7 Å². The number of aliphatic hydroxyl groups is 2. The molecule has 1 heterocycles. The van der Waals surface area contributed by atoms with Crippen molar-refractivity contribution in [2.24, 2.45) is 5.41 Å². The molecule has 0 atom stereocenters. The summed E-state index contributed by atoms with van der Waals surface area (Å²) in [6.45, 7) is 62.0. The molecule has 0 saturated carbocycles. The molecule has 0 unspecified atom stereocenters. The zero-order valence-corrected chi connectivity index (χ0v) is 73.9. The predicted molar refractivity (Wildman–Crippen MR) is 363 cm³/mol. The average molecular weight is 1600 g/mol. The van der Waals surface area contributed by atoms with Crippen LogP contribution in [0.4, 0.5) is 0 Å². The Kier molecular flexibility index (Phi) is 108. The first-order valence-corrected chi connectivity index (χ1v) is 26.1. The summed E-state index contributed by atoms with van der Waals surface area (Å²) >= 11 is 0. The van der Waals surface area contributed by atoms with E-state index in [1.165, 1.54) is 54.7 Å². The van der Waals surface area contributed by atoms with E-state index in [4.69, 9.17) is 69.8 Å². The van der Waals surface area contributed by atoms with Crippen molar-refractivity contribution in [2.75, 3.05) is 26.4 Å². The molecule has 2 aromatic rings. The maximum Gasteiger partial charge on any atom is 2.00 e. The van der Waals surface area contributed by atoms with E-state index in [1.54, 1.807) is 84.9 Å². The molecule has 1 aromatic heterocycles. The van der Waals surface area contributed by atoms with E-state index in [0.717, 1.165) is 5.57 Å². The summed E-state index contributed by atoms with van der Waals surface area (Å²) < 4.78 is 24.0. The van der Waals surface area contributed by atoms with Crippen LogP contribution in [0, 0.1) is 16.7 Å². The van der Waals surface area contributed by atoms with Gasteiger partial charge in [0.05, 0.1) is 32.0 Å². The molecule has 26 nitrogen and oxygen atoms in total. The topological polar surface area (TPSA) is 444 Å². The smallest absolute Gasteiger partial charge is 0.478 e. The maximum absolute atomic E-state index is 11.0. The van der Waals surface area contributed by atoms with Crippen LogP contribution in [0.1, 0.15) is 109 Å². The summed E-state index contributed by atoms with van der Waals surface area (Å²) in [5, 5.41) is 80.2. The number of hydrogen-bond donors (Lipinski definition) is 9. The van der Waals surface area contributed by atoms with Crippen molar-refractivity contribution in [1.82, 2.24) is 0 Å². The molecular weight excluding hydrogens is 1510 g/mol. The zero-order chi connectivity index (χ0) is 76.1. The molecule has 0 aliphatic heterocycles. The summed E-state index contributed by atoms with van der Waals surface area (Å²) in [5.74, 6) is -6.95. The van der Waals surface area contributed by atoms with Gasteiger partial charge in [0.2, 0.25) is 0 Å². The fraction of sp³-hybridized carbons (Fsp3) is 0.313.